The zero-order valence-electron chi connectivity index (χ0n) is 13.7. The normalized spacial score (nSPS) is 17.0. The summed E-state index contributed by atoms with van der Waals surface area (Å²) in [4.78, 5) is 6.18. The molecule has 6 heteroatoms. The van der Waals surface area contributed by atoms with E-state index in [1.165, 1.54) is 4.88 Å². The number of hydrogen-bond donors (Lipinski definition) is 2. The first kappa shape index (κ1) is 19.7. The summed E-state index contributed by atoms with van der Waals surface area (Å²) < 4.78 is 5.41. The summed E-state index contributed by atoms with van der Waals surface area (Å²) in [5.41, 5.74) is 0.0756. The van der Waals surface area contributed by atoms with Gasteiger partial charge in [-0.15, -0.1) is 35.3 Å². The molecule has 2 N–H and O–H groups in total. The summed E-state index contributed by atoms with van der Waals surface area (Å²) in [5, 5.41) is 9.02. The van der Waals surface area contributed by atoms with Crippen molar-refractivity contribution in [1.29, 1.82) is 0 Å². The van der Waals surface area contributed by atoms with Gasteiger partial charge in [0.15, 0.2) is 5.96 Å². The standard InChI is InChI=1S/C16H27N3OS.HI/c1-4-17-15(19-13-7-9-20-10-8-13)18-12-16(2,3)14-6-5-11-21-14;/h5-6,11,13H,4,7-10,12H2,1-3H3,(H2,17,18,19);1H. The molecule has 1 aliphatic rings. The van der Waals surface area contributed by atoms with Crippen molar-refractivity contribution in [2.45, 2.75) is 45.1 Å². The Kier molecular flexibility index (Phi) is 8.71. The van der Waals surface area contributed by atoms with Crippen molar-refractivity contribution >= 4 is 41.3 Å². The molecule has 0 aromatic carbocycles. The predicted octanol–water partition coefficient (Wildman–Crippen LogP) is 3.38. The van der Waals surface area contributed by atoms with Crippen LogP contribution in [-0.4, -0.2) is 38.3 Å². The van der Waals surface area contributed by atoms with Crippen LogP contribution >= 0.6 is 35.3 Å². The van der Waals surface area contributed by atoms with Gasteiger partial charge in [0.2, 0.25) is 0 Å². The maximum atomic E-state index is 5.41. The smallest absolute Gasteiger partial charge is 0.191 e. The molecule has 0 amide bonds. The minimum atomic E-state index is 0. The van der Waals surface area contributed by atoms with E-state index in [9.17, 15) is 0 Å². The van der Waals surface area contributed by atoms with E-state index in [2.05, 4.69) is 48.9 Å². The molecule has 0 radical (unpaired) electrons. The Morgan fingerprint density at radius 1 is 1.41 bits per heavy atom. The zero-order chi connectivity index (χ0) is 15.1. The van der Waals surface area contributed by atoms with Crippen LogP contribution in [-0.2, 0) is 10.2 Å². The highest BCUT2D eigenvalue weighted by atomic mass is 127. The lowest BCUT2D eigenvalue weighted by Gasteiger charge is -2.26. The highest BCUT2D eigenvalue weighted by Crippen LogP contribution is 2.27. The largest absolute Gasteiger partial charge is 0.381 e. The van der Waals surface area contributed by atoms with Crippen molar-refractivity contribution in [3.63, 3.8) is 0 Å². The molecule has 1 fully saturated rings. The number of guanidine groups is 1. The Balaban J connectivity index is 0.00000242. The number of rotatable bonds is 5. The minimum absolute atomic E-state index is 0. The van der Waals surface area contributed by atoms with E-state index in [1.807, 2.05) is 0 Å². The summed E-state index contributed by atoms with van der Waals surface area (Å²) in [7, 11) is 0. The predicted molar refractivity (Wildman–Crippen MR) is 106 cm³/mol. The molecule has 1 aliphatic heterocycles. The van der Waals surface area contributed by atoms with Crippen LogP contribution in [0, 0.1) is 0 Å². The molecule has 2 rings (SSSR count). The van der Waals surface area contributed by atoms with Crippen LogP contribution in [0.3, 0.4) is 0 Å². The molecular weight excluding hydrogens is 409 g/mol. The lowest BCUT2D eigenvalue weighted by Crippen LogP contribution is -2.46. The van der Waals surface area contributed by atoms with E-state index < -0.39 is 0 Å². The van der Waals surface area contributed by atoms with Crippen molar-refractivity contribution in [2.24, 2.45) is 4.99 Å². The molecule has 126 valence electrons. The number of thiophene rings is 1. The van der Waals surface area contributed by atoms with Crippen molar-refractivity contribution in [2.75, 3.05) is 26.3 Å². The van der Waals surface area contributed by atoms with E-state index >= 15 is 0 Å². The summed E-state index contributed by atoms with van der Waals surface area (Å²) in [6.07, 6.45) is 2.11. The summed E-state index contributed by atoms with van der Waals surface area (Å²) in [5.74, 6) is 0.925. The average molecular weight is 437 g/mol. The summed E-state index contributed by atoms with van der Waals surface area (Å²) >= 11 is 1.80. The van der Waals surface area contributed by atoms with Crippen LogP contribution in [0.5, 0.6) is 0 Å². The van der Waals surface area contributed by atoms with E-state index in [-0.39, 0.29) is 29.4 Å². The fraction of sp³-hybridized carbons (Fsp3) is 0.688. The maximum Gasteiger partial charge on any atom is 0.191 e. The summed E-state index contributed by atoms with van der Waals surface area (Å²) in [6, 6.07) is 4.78. The number of hydrogen-bond acceptors (Lipinski definition) is 3. The van der Waals surface area contributed by atoms with Gasteiger partial charge in [0.1, 0.15) is 0 Å². The molecule has 0 aliphatic carbocycles. The average Bonchev–Trinajstić information content (AvgIpc) is 3.01. The van der Waals surface area contributed by atoms with Gasteiger partial charge in [-0.25, -0.2) is 0 Å². The highest BCUT2D eigenvalue weighted by molar-refractivity contribution is 14.0. The molecule has 1 aromatic heterocycles. The van der Waals surface area contributed by atoms with Gasteiger partial charge in [-0.05, 0) is 31.2 Å². The second kappa shape index (κ2) is 9.72. The van der Waals surface area contributed by atoms with Crippen molar-refractivity contribution in [1.82, 2.24) is 10.6 Å². The minimum Gasteiger partial charge on any atom is -0.381 e. The Bertz CT molecular complexity index is 442. The molecule has 0 atom stereocenters. The summed E-state index contributed by atoms with van der Waals surface area (Å²) in [6.45, 7) is 9.96. The number of nitrogens with one attached hydrogen (secondary N) is 2. The van der Waals surface area contributed by atoms with Gasteiger partial charge >= 0.3 is 0 Å². The molecular formula is C16H28IN3OS. The first-order chi connectivity index (χ1) is 10.1. The lowest BCUT2D eigenvalue weighted by molar-refractivity contribution is 0.0822. The van der Waals surface area contributed by atoms with Gasteiger partial charge in [-0.2, -0.15) is 0 Å². The van der Waals surface area contributed by atoms with Gasteiger partial charge < -0.3 is 15.4 Å². The quantitative estimate of drug-likeness (QED) is 0.422. The van der Waals surface area contributed by atoms with Gasteiger partial charge in [0.25, 0.3) is 0 Å². The fourth-order valence-corrected chi connectivity index (χ4v) is 3.22. The Morgan fingerprint density at radius 3 is 2.73 bits per heavy atom. The van der Waals surface area contributed by atoms with Gasteiger partial charge in [0.05, 0.1) is 6.54 Å². The Labute approximate surface area is 155 Å². The first-order valence-electron chi connectivity index (χ1n) is 7.78. The molecule has 22 heavy (non-hydrogen) atoms. The number of nitrogens with zero attached hydrogens (tertiary/aromatic N) is 1. The molecule has 4 nitrogen and oxygen atoms in total. The van der Waals surface area contributed by atoms with E-state index in [1.54, 1.807) is 11.3 Å². The number of aliphatic imine (C=N–C) groups is 1. The molecule has 0 unspecified atom stereocenters. The van der Waals surface area contributed by atoms with Crippen molar-refractivity contribution in [3.05, 3.63) is 22.4 Å². The van der Waals surface area contributed by atoms with Gasteiger partial charge in [0, 0.05) is 36.1 Å². The van der Waals surface area contributed by atoms with E-state index in [0.717, 1.165) is 45.1 Å². The third kappa shape index (κ3) is 6.04. The fourth-order valence-electron chi connectivity index (χ4n) is 2.37. The number of halogens is 1. The SMILES string of the molecule is CCNC(=NCC(C)(C)c1cccs1)NC1CCOCC1.I. The Hall–Kier alpha value is -0.340. The third-order valence-corrected chi connectivity index (χ3v) is 4.96. The highest BCUT2D eigenvalue weighted by Gasteiger charge is 2.22. The van der Waals surface area contributed by atoms with Gasteiger partial charge in [-0.3, -0.25) is 4.99 Å². The Morgan fingerprint density at radius 2 is 2.14 bits per heavy atom. The van der Waals surface area contributed by atoms with Crippen molar-refractivity contribution in [3.8, 4) is 0 Å². The molecule has 0 bridgehead atoms. The molecule has 2 heterocycles. The van der Waals surface area contributed by atoms with Gasteiger partial charge in [-0.1, -0.05) is 19.9 Å². The van der Waals surface area contributed by atoms with E-state index in [0.29, 0.717) is 6.04 Å². The van der Waals surface area contributed by atoms with E-state index in [4.69, 9.17) is 9.73 Å². The van der Waals surface area contributed by atoms with Crippen LogP contribution in [0.4, 0.5) is 0 Å². The topological polar surface area (TPSA) is 45.7 Å². The van der Waals surface area contributed by atoms with Crippen LogP contribution in [0.15, 0.2) is 22.5 Å². The molecule has 1 aromatic rings. The van der Waals surface area contributed by atoms with Crippen LogP contribution in [0.2, 0.25) is 0 Å². The number of ether oxygens (including phenoxy) is 1. The lowest BCUT2D eigenvalue weighted by atomic mass is 9.92. The zero-order valence-corrected chi connectivity index (χ0v) is 16.9. The maximum absolute atomic E-state index is 5.41. The second-order valence-corrected chi connectivity index (χ2v) is 7.04. The molecule has 1 saturated heterocycles. The molecule has 0 spiro atoms. The van der Waals surface area contributed by atoms with Crippen molar-refractivity contribution < 1.29 is 4.74 Å². The van der Waals surface area contributed by atoms with Crippen LogP contribution in [0.25, 0.3) is 0 Å². The molecule has 0 saturated carbocycles. The van der Waals surface area contributed by atoms with Crippen LogP contribution < -0.4 is 10.6 Å². The first-order valence-corrected chi connectivity index (χ1v) is 8.66. The monoisotopic (exact) mass is 437 g/mol. The third-order valence-electron chi connectivity index (χ3n) is 3.73. The second-order valence-electron chi connectivity index (χ2n) is 6.09. The van der Waals surface area contributed by atoms with Crippen LogP contribution in [0.1, 0.15) is 38.5 Å².